The van der Waals surface area contributed by atoms with E-state index in [1.54, 1.807) is 42.3 Å². The first-order chi connectivity index (χ1) is 22.6. The number of quaternary nitrogens is 1. The lowest BCUT2D eigenvalue weighted by molar-refractivity contribution is -0.869. The summed E-state index contributed by atoms with van der Waals surface area (Å²) in [5.74, 6) is -1.08. The number of hydrogen-bond donors (Lipinski definition) is 1. The number of aromatic nitrogens is 4. The van der Waals surface area contributed by atoms with E-state index in [-0.39, 0.29) is 22.9 Å². The molecular weight excluding hydrogens is 625 g/mol. The van der Waals surface area contributed by atoms with Crippen molar-refractivity contribution in [3.05, 3.63) is 93.7 Å². The van der Waals surface area contributed by atoms with Gasteiger partial charge in [0.1, 0.15) is 16.8 Å². The molecule has 0 aliphatic heterocycles. The minimum Gasteiger partial charge on any atom is -0.338 e. The van der Waals surface area contributed by atoms with E-state index in [2.05, 4.69) is 15.3 Å². The summed E-state index contributed by atoms with van der Waals surface area (Å²) in [5, 5.41) is 7.33. The molecule has 1 N–H and O–H groups in total. The van der Waals surface area contributed by atoms with E-state index in [9.17, 15) is 27.6 Å². The molecule has 5 rings (SSSR count). The molecule has 0 radical (unpaired) electrons. The minimum atomic E-state index is -4.67. The van der Waals surface area contributed by atoms with Crippen molar-refractivity contribution in [2.45, 2.75) is 37.4 Å². The van der Waals surface area contributed by atoms with Crippen molar-refractivity contribution in [1.82, 2.24) is 29.4 Å². The van der Waals surface area contributed by atoms with Crippen LogP contribution in [0.25, 0.3) is 27.6 Å². The SMILES string of the molecule is [C-]#[N+]c1ccc(-n2nccc2-c2c(C(=O)NC3(C(=O)N(C)CC[N+](C)(C)C)CCCC3)c(=O)n(-c3cccc(C(F)(F)F)c3)n2C)cc1. The van der Waals surface area contributed by atoms with Gasteiger partial charge in [-0.2, -0.15) is 18.3 Å². The van der Waals surface area contributed by atoms with Gasteiger partial charge in [0.15, 0.2) is 5.69 Å². The third kappa shape index (κ3) is 6.64. The average molecular weight is 664 g/mol. The molecular formula is C34H38F3N8O3+. The van der Waals surface area contributed by atoms with Crippen LogP contribution in [0.4, 0.5) is 18.9 Å². The van der Waals surface area contributed by atoms with Crippen molar-refractivity contribution in [2.24, 2.45) is 7.05 Å². The molecule has 0 atom stereocenters. The van der Waals surface area contributed by atoms with Gasteiger partial charge in [-0.05, 0) is 49.2 Å². The number of likely N-dealkylation sites (N-methyl/N-ethyl adjacent to an activating group) is 2. The summed E-state index contributed by atoms with van der Waals surface area (Å²) < 4.78 is 45.6. The summed E-state index contributed by atoms with van der Waals surface area (Å²) in [4.78, 5) is 47.6. The van der Waals surface area contributed by atoms with Crippen LogP contribution in [0.5, 0.6) is 0 Å². The third-order valence-electron chi connectivity index (χ3n) is 8.69. The van der Waals surface area contributed by atoms with Crippen molar-refractivity contribution in [3.63, 3.8) is 0 Å². The summed E-state index contributed by atoms with van der Waals surface area (Å²) in [7, 11) is 9.21. The Kier molecular flexibility index (Phi) is 9.11. The van der Waals surface area contributed by atoms with Crippen molar-refractivity contribution >= 4 is 17.5 Å². The first-order valence-corrected chi connectivity index (χ1v) is 15.5. The predicted octanol–water partition coefficient (Wildman–Crippen LogP) is 4.81. The topological polar surface area (TPSA) is 98.5 Å². The van der Waals surface area contributed by atoms with E-state index in [0.717, 1.165) is 16.8 Å². The number of alkyl halides is 3. The molecule has 1 saturated carbocycles. The molecule has 0 bridgehead atoms. The van der Waals surface area contributed by atoms with Crippen molar-refractivity contribution in [2.75, 3.05) is 41.3 Å². The van der Waals surface area contributed by atoms with E-state index in [1.165, 1.54) is 34.7 Å². The number of carbonyl (C=O) groups excluding carboxylic acids is 2. The van der Waals surface area contributed by atoms with E-state index in [1.807, 2.05) is 21.1 Å². The second-order valence-corrected chi connectivity index (χ2v) is 13.2. The van der Waals surface area contributed by atoms with Crippen LogP contribution in [0.3, 0.4) is 0 Å². The monoisotopic (exact) mass is 663 g/mol. The van der Waals surface area contributed by atoms with Gasteiger partial charge in [0.2, 0.25) is 5.91 Å². The Hall–Kier alpha value is -5.16. The zero-order valence-electron chi connectivity index (χ0n) is 27.5. The number of nitrogens with zero attached hydrogens (tertiary/aromatic N) is 7. The molecule has 1 aliphatic carbocycles. The maximum atomic E-state index is 14.4. The highest BCUT2D eigenvalue weighted by Gasteiger charge is 2.45. The quantitative estimate of drug-likeness (QED) is 0.206. The Bertz CT molecular complexity index is 1940. The standard InChI is InChI=1S/C34H37F3N8O3/c1-38-24-12-14-25(15-13-24)43-27(16-19-39-43)29-28(31(47)44(42(29)3)26-11-9-10-23(22-26)34(35,36)37)30(46)40-33(17-7-8-18-33)32(48)41(2)20-21-45(4,5)6/h9-16,19,22H,7-8,17-18,20-21H2,2-6H3/p+1. The Labute approximate surface area is 276 Å². The van der Waals surface area contributed by atoms with Gasteiger partial charge >= 0.3 is 6.18 Å². The number of carbonyl (C=O) groups is 2. The molecule has 4 aromatic rings. The molecule has 2 amide bonds. The number of halogens is 3. The van der Waals surface area contributed by atoms with Gasteiger partial charge < -0.3 is 14.7 Å². The fourth-order valence-electron chi connectivity index (χ4n) is 6.13. The number of benzene rings is 2. The molecule has 48 heavy (non-hydrogen) atoms. The van der Waals surface area contributed by atoms with Crippen molar-refractivity contribution < 1.29 is 27.2 Å². The molecule has 1 aliphatic rings. The lowest BCUT2D eigenvalue weighted by Gasteiger charge is -2.34. The summed E-state index contributed by atoms with van der Waals surface area (Å²) in [5.41, 5.74) is -2.22. The summed E-state index contributed by atoms with van der Waals surface area (Å²) in [6.45, 7) is 8.39. The number of hydrogen-bond acceptors (Lipinski definition) is 4. The molecule has 0 saturated heterocycles. The van der Waals surface area contributed by atoms with Gasteiger partial charge in [0, 0.05) is 14.1 Å². The number of rotatable bonds is 9. The largest absolute Gasteiger partial charge is 0.416 e. The predicted molar refractivity (Wildman–Crippen MR) is 174 cm³/mol. The van der Waals surface area contributed by atoms with Gasteiger partial charge in [-0.1, -0.05) is 31.0 Å². The number of nitrogens with one attached hydrogen (secondary N) is 1. The fraction of sp³-hybridized carbons (Fsp3) is 0.382. The summed E-state index contributed by atoms with van der Waals surface area (Å²) in [6.07, 6.45) is -1.06. The van der Waals surface area contributed by atoms with Crippen LogP contribution in [0.15, 0.2) is 65.6 Å². The maximum absolute atomic E-state index is 14.4. The Morgan fingerprint density at radius 1 is 1.06 bits per heavy atom. The smallest absolute Gasteiger partial charge is 0.338 e. The lowest BCUT2D eigenvalue weighted by atomic mass is 9.94. The Morgan fingerprint density at radius 2 is 1.73 bits per heavy atom. The van der Waals surface area contributed by atoms with Gasteiger partial charge in [-0.15, -0.1) is 0 Å². The molecule has 14 heteroatoms. The van der Waals surface area contributed by atoms with Crippen LogP contribution in [0.2, 0.25) is 0 Å². The molecule has 1 fully saturated rings. The minimum absolute atomic E-state index is 0.0839. The highest BCUT2D eigenvalue weighted by Crippen LogP contribution is 2.34. The first kappa shape index (κ1) is 34.2. The average Bonchev–Trinajstić information content (AvgIpc) is 3.77. The Morgan fingerprint density at radius 3 is 2.33 bits per heavy atom. The molecule has 2 heterocycles. The van der Waals surface area contributed by atoms with Gasteiger partial charge in [-0.25, -0.2) is 14.2 Å². The van der Waals surface area contributed by atoms with Gasteiger partial charge in [-0.3, -0.25) is 19.1 Å². The molecule has 2 aromatic carbocycles. The normalized spacial score (nSPS) is 14.5. The highest BCUT2D eigenvalue weighted by atomic mass is 19.4. The zero-order chi connectivity index (χ0) is 35.0. The third-order valence-corrected chi connectivity index (χ3v) is 8.69. The van der Waals surface area contributed by atoms with Crippen LogP contribution >= 0.6 is 0 Å². The second-order valence-electron chi connectivity index (χ2n) is 13.2. The van der Waals surface area contributed by atoms with Crippen LogP contribution in [0, 0.1) is 6.57 Å². The maximum Gasteiger partial charge on any atom is 0.416 e. The van der Waals surface area contributed by atoms with Crippen LogP contribution in [0.1, 0.15) is 41.6 Å². The van der Waals surface area contributed by atoms with Crippen LogP contribution in [-0.4, -0.2) is 87.2 Å². The summed E-state index contributed by atoms with van der Waals surface area (Å²) in [6, 6.07) is 12.4. The molecule has 252 valence electrons. The molecule has 0 spiro atoms. The molecule has 0 unspecified atom stereocenters. The number of amides is 2. The van der Waals surface area contributed by atoms with E-state index in [0.29, 0.717) is 60.3 Å². The van der Waals surface area contributed by atoms with E-state index >= 15 is 0 Å². The summed E-state index contributed by atoms with van der Waals surface area (Å²) >= 11 is 0. The van der Waals surface area contributed by atoms with Crippen LogP contribution in [-0.2, 0) is 18.0 Å². The highest BCUT2D eigenvalue weighted by molar-refractivity contribution is 6.03. The molecule has 2 aromatic heterocycles. The first-order valence-electron chi connectivity index (χ1n) is 15.5. The fourth-order valence-corrected chi connectivity index (χ4v) is 6.13. The van der Waals surface area contributed by atoms with Crippen molar-refractivity contribution in [1.29, 1.82) is 0 Å². The molecule has 11 nitrogen and oxygen atoms in total. The Balaban J connectivity index is 1.66. The second kappa shape index (κ2) is 12.8. The van der Waals surface area contributed by atoms with Crippen LogP contribution < -0.4 is 10.9 Å². The van der Waals surface area contributed by atoms with Crippen molar-refractivity contribution in [3.8, 4) is 22.8 Å². The van der Waals surface area contributed by atoms with E-state index in [4.69, 9.17) is 6.57 Å². The lowest BCUT2D eigenvalue weighted by Crippen LogP contribution is -2.59. The van der Waals surface area contributed by atoms with Gasteiger partial charge in [0.25, 0.3) is 11.5 Å². The van der Waals surface area contributed by atoms with E-state index < -0.39 is 28.7 Å². The van der Waals surface area contributed by atoms with Gasteiger partial charge in [0.05, 0.1) is 69.6 Å². The zero-order valence-corrected chi connectivity index (χ0v) is 27.5.